The van der Waals surface area contributed by atoms with E-state index in [2.05, 4.69) is 35.1 Å². The van der Waals surface area contributed by atoms with Crippen molar-refractivity contribution in [3.05, 3.63) is 12.2 Å². The smallest absolute Gasteiger partial charge is 0.407 e. The van der Waals surface area contributed by atoms with Gasteiger partial charge in [0.15, 0.2) is 0 Å². The number of unbranched alkanes of at least 4 members (excludes halogenated alkanes) is 24. The Morgan fingerprint density at radius 3 is 1.50 bits per heavy atom. The zero-order valence-electron chi connectivity index (χ0n) is 35.7. The van der Waals surface area contributed by atoms with E-state index in [0.29, 0.717) is 13.0 Å². The Morgan fingerprint density at radius 1 is 0.574 bits per heavy atom. The molecule has 0 aromatic rings. The molecule has 320 valence electrons. The third-order valence-electron chi connectivity index (χ3n) is 10.3. The Bertz CT molecular complexity index is 815. The number of carbonyl (C=O) groups excluding carboxylic acids is 2. The summed E-state index contributed by atoms with van der Waals surface area (Å²) in [5, 5.41) is 22.9. The van der Waals surface area contributed by atoms with Gasteiger partial charge >= 0.3 is 6.09 Å². The van der Waals surface area contributed by atoms with Crippen LogP contribution in [0.2, 0.25) is 0 Å². The highest BCUT2D eigenvalue weighted by molar-refractivity contribution is 5.76. The average molecular weight is 766 g/mol. The maximum Gasteiger partial charge on any atom is 0.407 e. The maximum absolute atomic E-state index is 12.9. The number of carbonyl (C=O) groups is 2. The van der Waals surface area contributed by atoms with Gasteiger partial charge in [0.25, 0.3) is 0 Å². The van der Waals surface area contributed by atoms with Gasteiger partial charge in [0, 0.05) is 13.0 Å². The fourth-order valence-electron chi connectivity index (χ4n) is 6.77. The van der Waals surface area contributed by atoms with Gasteiger partial charge in [-0.15, -0.1) is 0 Å². The van der Waals surface area contributed by atoms with Crippen molar-refractivity contribution in [2.24, 2.45) is 5.73 Å². The van der Waals surface area contributed by atoms with Gasteiger partial charge < -0.3 is 36.8 Å². The van der Waals surface area contributed by atoms with Crippen LogP contribution in [0.25, 0.3) is 0 Å². The van der Waals surface area contributed by atoms with Crippen molar-refractivity contribution >= 4 is 12.0 Å². The number of nitrogens with two attached hydrogens (primary N) is 1. The Kier molecular flexibility index (Phi) is 42.7. The molecule has 0 radical (unpaired) electrons. The number of aliphatic hydroxyl groups is 1. The lowest BCUT2D eigenvalue weighted by Gasteiger charge is -2.24. The van der Waals surface area contributed by atoms with Crippen LogP contribution in [0.3, 0.4) is 0 Å². The molecular weight excluding hydrogens is 675 g/mol. The first-order valence-corrected chi connectivity index (χ1v) is 23.2. The second-order valence-electron chi connectivity index (χ2n) is 15.6. The van der Waals surface area contributed by atoms with E-state index in [1.807, 2.05) is 12.2 Å². The molecule has 7 N–H and O–H groups in total. The molecule has 0 rings (SSSR count). The molecular formula is C45H91N5O4. The van der Waals surface area contributed by atoms with Crippen LogP contribution >= 0.6 is 0 Å². The van der Waals surface area contributed by atoms with Gasteiger partial charge in [-0.2, -0.15) is 0 Å². The lowest BCUT2D eigenvalue weighted by Crippen LogP contribution is -2.48. The summed E-state index contributed by atoms with van der Waals surface area (Å²) in [6.07, 6.45) is 38.7. The number of allylic oxidation sites excluding steroid dienone is 1. The number of hydrogen-bond donors (Lipinski definition) is 6. The van der Waals surface area contributed by atoms with Crippen LogP contribution in [0, 0.1) is 0 Å². The van der Waals surface area contributed by atoms with Crippen molar-refractivity contribution in [2.45, 2.75) is 219 Å². The lowest BCUT2D eigenvalue weighted by atomic mass is 10.0. The molecule has 0 bridgehead atoms. The molecule has 0 saturated heterocycles. The topological polar surface area (TPSA) is 138 Å². The first-order chi connectivity index (χ1) is 26.6. The van der Waals surface area contributed by atoms with Gasteiger partial charge in [-0.3, -0.25) is 4.79 Å². The summed E-state index contributed by atoms with van der Waals surface area (Å²) >= 11 is 0. The third kappa shape index (κ3) is 38.6. The first-order valence-electron chi connectivity index (χ1n) is 23.2. The molecule has 0 heterocycles. The minimum Gasteiger partial charge on any atom is -0.440 e. The Morgan fingerprint density at radius 2 is 1.02 bits per heavy atom. The summed E-state index contributed by atoms with van der Waals surface area (Å²) in [6, 6.07) is -0.676. The summed E-state index contributed by atoms with van der Waals surface area (Å²) in [7, 11) is 0. The minimum atomic E-state index is -0.727. The van der Waals surface area contributed by atoms with Crippen molar-refractivity contribution < 1.29 is 19.4 Å². The predicted octanol–water partition coefficient (Wildman–Crippen LogP) is 10.00. The Hall–Kier alpha value is -1.68. The molecule has 0 aliphatic carbocycles. The summed E-state index contributed by atoms with van der Waals surface area (Å²) < 4.78 is 5.79. The molecule has 2 atom stereocenters. The van der Waals surface area contributed by atoms with Crippen LogP contribution in [0.15, 0.2) is 12.2 Å². The fourth-order valence-corrected chi connectivity index (χ4v) is 6.77. The van der Waals surface area contributed by atoms with Gasteiger partial charge in [-0.1, -0.05) is 161 Å². The largest absolute Gasteiger partial charge is 0.440 e. The Balaban J connectivity index is 4.53. The Labute approximate surface area is 334 Å². The van der Waals surface area contributed by atoms with Gasteiger partial charge in [0.1, 0.15) is 6.10 Å². The van der Waals surface area contributed by atoms with E-state index in [-0.39, 0.29) is 12.5 Å². The van der Waals surface area contributed by atoms with Crippen LogP contribution in [-0.2, 0) is 9.53 Å². The predicted molar refractivity (Wildman–Crippen MR) is 231 cm³/mol. The zero-order valence-corrected chi connectivity index (χ0v) is 35.7. The van der Waals surface area contributed by atoms with E-state index in [9.17, 15) is 14.7 Å². The molecule has 0 fully saturated rings. The van der Waals surface area contributed by atoms with Crippen LogP contribution in [-0.4, -0.2) is 75.1 Å². The quantitative estimate of drug-likeness (QED) is 0.0269. The zero-order chi connectivity index (χ0) is 39.4. The lowest BCUT2D eigenvalue weighted by molar-refractivity contribution is -0.123. The summed E-state index contributed by atoms with van der Waals surface area (Å²) in [5.41, 5.74) is 5.52. The van der Waals surface area contributed by atoms with Crippen molar-refractivity contribution in [3.63, 3.8) is 0 Å². The number of amides is 2. The highest BCUT2D eigenvalue weighted by Gasteiger charge is 2.24. The van der Waals surface area contributed by atoms with E-state index >= 15 is 0 Å². The van der Waals surface area contributed by atoms with Crippen molar-refractivity contribution in [1.82, 2.24) is 21.3 Å². The molecule has 2 amide bonds. The van der Waals surface area contributed by atoms with E-state index in [0.717, 1.165) is 90.5 Å². The first kappa shape index (κ1) is 52.3. The maximum atomic E-state index is 12.9. The molecule has 0 unspecified atom stereocenters. The summed E-state index contributed by atoms with van der Waals surface area (Å²) in [4.78, 5) is 25.7. The normalized spacial score (nSPS) is 12.7. The van der Waals surface area contributed by atoms with Gasteiger partial charge in [-0.25, -0.2) is 4.79 Å². The molecule has 0 aromatic carbocycles. The van der Waals surface area contributed by atoms with Gasteiger partial charge in [0.2, 0.25) is 5.91 Å². The van der Waals surface area contributed by atoms with Crippen LogP contribution in [0.1, 0.15) is 206 Å². The van der Waals surface area contributed by atoms with E-state index < -0.39 is 18.2 Å². The van der Waals surface area contributed by atoms with E-state index in [1.165, 1.54) is 128 Å². The number of aliphatic hydroxyl groups excluding tert-OH is 1. The third-order valence-corrected chi connectivity index (χ3v) is 10.3. The highest BCUT2D eigenvalue weighted by atomic mass is 16.6. The highest BCUT2D eigenvalue weighted by Crippen LogP contribution is 2.15. The second-order valence-corrected chi connectivity index (χ2v) is 15.6. The summed E-state index contributed by atoms with van der Waals surface area (Å²) in [5.74, 6) is -0.0951. The number of nitrogens with one attached hydrogen (secondary N) is 4. The molecule has 9 nitrogen and oxygen atoms in total. The van der Waals surface area contributed by atoms with E-state index in [1.54, 1.807) is 0 Å². The second kappa shape index (κ2) is 44.0. The van der Waals surface area contributed by atoms with Crippen molar-refractivity contribution in [1.29, 1.82) is 0 Å². The monoisotopic (exact) mass is 766 g/mol. The SMILES string of the molecule is CCCCCCCCCCCCCC=C[C@@H](OC(=O)NCCCNCCCCNCCCN)[C@H](CO)NC(=O)CCCCCCCCCCCCCCC. The minimum absolute atomic E-state index is 0.0951. The molecule has 9 heteroatoms. The summed E-state index contributed by atoms with van der Waals surface area (Å²) in [6.45, 7) is 9.22. The van der Waals surface area contributed by atoms with Crippen LogP contribution in [0.4, 0.5) is 4.79 Å². The number of hydrogen-bond acceptors (Lipinski definition) is 7. The molecule has 0 aliphatic rings. The number of rotatable bonds is 43. The van der Waals surface area contributed by atoms with Crippen molar-refractivity contribution in [3.8, 4) is 0 Å². The average Bonchev–Trinajstić information content (AvgIpc) is 3.17. The molecule has 0 aromatic heterocycles. The standard InChI is InChI=1S/C45H91N5O4/c1-3-5-7-9-11-13-15-17-19-21-23-25-27-33-43(54-45(53)49-40-32-39-48-37-30-29-36-47-38-31-35-46)42(41-51)50-44(52)34-28-26-24-22-20-18-16-14-12-10-8-6-4-2/h27,33,42-43,47-48,51H,3-26,28-32,34-41,46H2,1-2H3,(H,49,53)(H,50,52)/t42-,43+/m0/s1. The fraction of sp³-hybridized carbons (Fsp3) is 0.911. The van der Waals surface area contributed by atoms with Crippen LogP contribution in [0.5, 0.6) is 0 Å². The molecule has 0 aliphatic heterocycles. The van der Waals surface area contributed by atoms with Crippen molar-refractivity contribution in [2.75, 3.05) is 45.9 Å². The number of ether oxygens (including phenoxy) is 1. The van der Waals surface area contributed by atoms with Gasteiger partial charge in [0.05, 0.1) is 12.6 Å². The molecule has 54 heavy (non-hydrogen) atoms. The number of alkyl carbamates (subject to hydrolysis) is 1. The molecule has 0 saturated carbocycles. The van der Waals surface area contributed by atoms with E-state index in [4.69, 9.17) is 10.5 Å². The van der Waals surface area contributed by atoms with Crippen LogP contribution < -0.4 is 27.0 Å². The molecule has 0 spiro atoms. The van der Waals surface area contributed by atoms with Gasteiger partial charge in [-0.05, 0) is 83.7 Å².